The third kappa shape index (κ3) is 4.08. The van der Waals surface area contributed by atoms with E-state index in [9.17, 15) is 14.7 Å². The lowest BCUT2D eigenvalue weighted by molar-refractivity contribution is 0.0827. The maximum atomic E-state index is 15.4. The second-order valence-corrected chi connectivity index (χ2v) is 9.94. The van der Waals surface area contributed by atoms with E-state index in [1.54, 1.807) is 68.7 Å². The third-order valence-corrected chi connectivity index (χ3v) is 7.22. The molecule has 0 spiro atoms. The number of hydrogen-bond acceptors (Lipinski definition) is 7. The van der Waals surface area contributed by atoms with Crippen LogP contribution in [0.15, 0.2) is 75.9 Å². The molecule has 40 heavy (non-hydrogen) atoms. The number of hydrogen-bond donors (Lipinski definition) is 1. The molecule has 0 saturated heterocycles. The molecule has 0 radical (unpaired) electrons. The highest BCUT2D eigenvalue weighted by atomic mass is 19.1. The van der Waals surface area contributed by atoms with E-state index in [0.717, 1.165) is 11.1 Å². The average molecular weight is 540 g/mol. The zero-order chi connectivity index (χ0) is 28.1. The van der Waals surface area contributed by atoms with E-state index in [0.29, 0.717) is 35.2 Å². The van der Waals surface area contributed by atoms with Crippen LogP contribution in [0.5, 0.6) is 5.75 Å². The maximum Gasteiger partial charge on any atom is 0.297 e. The van der Waals surface area contributed by atoms with E-state index in [-0.39, 0.29) is 23.4 Å². The SMILES string of the molecule is CN(C)C(=O)c1ccc2c(c1)[C@H](c1ccccc1F)N(c1nc(-c3nc4ccccc4o3)c(O)c(=O)n1C)CC2. The minimum absolute atomic E-state index is 0.00336. The molecule has 2 aromatic heterocycles. The van der Waals surface area contributed by atoms with Crippen molar-refractivity contribution < 1.29 is 18.7 Å². The molecular formula is C30H26FN5O4. The summed E-state index contributed by atoms with van der Waals surface area (Å²) in [6.07, 6.45) is 0.561. The number of carbonyl (C=O) groups excluding carboxylic acids is 1. The number of para-hydroxylation sites is 2. The Bertz CT molecular complexity index is 1810. The highest BCUT2D eigenvalue weighted by molar-refractivity contribution is 5.94. The first kappa shape index (κ1) is 25.3. The molecule has 9 nitrogen and oxygen atoms in total. The van der Waals surface area contributed by atoms with Crippen LogP contribution in [-0.2, 0) is 13.5 Å². The first-order valence-electron chi connectivity index (χ1n) is 12.8. The largest absolute Gasteiger partial charge is 0.501 e. The molecule has 0 aliphatic carbocycles. The van der Waals surface area contributed by atoms with Gasteiger partial charge in [0, 0.05) is 38.8 Å². The second-order valence-electron chi connectivity index (χ2n) is 9.94. The van der Waals surface area contributed by atoms with Crippen LogP contribution in [0.2, 0.25) is 0 Å². The molecule has 0 fully saturated rings. The number of benzene rings is 3. The predicted molar refractivity (Wildman–Crippen MR) is 148 cm³/mol. The van der Waals surface area contributed by atoms with Crippen molar-refractivity contribution in [3.8, 4) is 17.3 Å². The Morgan fingerprint density at radius 3 is 2.55 bits per heavy atom. The number of oxazole rings is 1. The van der Waals surface area contributed by atoms with Crippen molar-refractivity contribution in [2.24, 2.45) is 7.05 Å². The number of aromatic hydroxyl groups is 1. The molecule has 6 rings (SSSR count). The Balaban J connectivity index is 1.57. The molecule has 1 atom stereocenters. The van der Waals surface area contributed by atoms with Crippen LogP contribution in [0.3, 0.4) is 0 Å². The Kier molecular flexibility index (Phi) is 6.10. The molecule has 3 heterocycles. The van der Waals surface area contributed by atoms with Crippen molar-refractivity contribution in [3.05, 3.63) is 105 Å². The van der Waals surface area contributed by atoms with Crippen LogP contribution in [0.25, 0.3) is 22.7 Å². The fourth-order valence-corrected chi connectivity index (χ4v) is 5.21. The Morgan fingerprint density at radius 2 is 1.80 bits per heavy atom. The number of rotatable bonds is 4. The smallest absolute Gasteiger partial charge is 0.297 e. The maximum absolute atomic E-state index is 15.4. The zero-order valence-corrected chi connectivity index (χ0v) is 22.1. The highest BCUT2D eigenvalue weighted by Gasteiger charge is 2.35. The average Bonchev–Trinajstić information content (AvgIpc) is 3.39. The van der Waals surface area contributed by atoms with Crippen molar-refractivity contribution in [1.29, 1.82) is 0 Å². The van der Waals surface area contributed by atoms with Gasteiger partial charge in [0.25, 0.3) is 17.4 Å². The Hall–Kier alpha value is -4.99. The van der Waals surface area contributed by atoms with Gasteiger partial charge in [0.1, 0.15) is 11.3 Å². The van der Waals surface area contributed by atoms with Gasteiger partial charge in [-0.15, -0.1) is 0 Å². The van der Waals surface area contributed by atoms with Crippen molar-refractivity contribution in [3.63, 3.8) is 0 Å². The minimum Gasteiger partial charge on any atom is -0.501 e. The molecule has 0 saturated carbocycles. The molecule has 5 aromatic rings. The van der Waals surface area contributed by atoms with Crippen LogP contribution < -0.4 is 10.5 Å². The molecule has 1 aliphatic rings. The Labute approximate surface area is 228 Å². The third-order valence-electron chi connectivity index (χ3n) is 7.22. The van der Waals surface area contributed by atoms with Crippen LogP contribution in [0, 0.1) is 5.82 Å². The molecular weight excluding hydrogens is 513 g/mol. The summed E-state index contributed by atoms with van der Waals surface area (Å²) < 4.78 is 22.4. The van der Waals surface area contributed by atoms with Crippen LogP contribution in [0.1, 0.15) is 33.1 Å². The summed E-state index contributed by atoms with van der Waals surface area (Å²) in [5.41, 5.74) is 2.75. The first-order chi connectivity index (χ1) is 19.2. The van der Waals surface area contributed by atoms with Crippen LogP contribution in [0.4, 0.5) is 10.3 Å². The van der Waals surface area contributed by atoms with Crippen LogP contribution >= 0.6 is 0 Å². The monoisotopic (exact) mass is 539 g/mol. The van der Waals surface area contributed by atoms with E-state index in [2.05, 4.69) is 9.97 Å². The van der Waals surface area contributed by atoms with Gasteiger partial charge in [0.05, 0.1) is 6.04 Å². The van der Waals surface area contributed by atoms with Crippen LogP contribution in [-0.4, -0.2) is 51.1 Å². The number of anilines is 1. The first-order valence-corrected chi connectivity index (χ1v) is 12.8. The van der Waals surface area contributed by atoms with Crippen molar-refractivity contribution in [2.75, 3.05) is 25.5 Å². The minimum atomic E-state index is -0.709. The van der Waals surface area contributed by atoms with Crippen molar-refractivity contribution in [2.45, 2.75) is 12.5 Å². The predicted octanol–water partition coefficient (Wildman–Crippen LogP) is 4.29. The number of fused-ring (bicyclic) bond motifs is 2. The number of amides is 1. The van der Waals surface area contributed by atoms with Gasteiger partial charge in [-0.2, -0.15) is 0 Å². The lowest BCUT2D eigenvalue weighted by Crippen LogP contribution is -2.40. The summed E-state index contributed by atoms with van der Waals surface area (Å²) in [6, 6.07) is 18.2. The van der Waals surface area contributed by atoms with Gasteiger partial charge in [-0.1, -0.05) is 36.4 Å². The fraction of sp³-hybridized carbons (Fsp3) is 0.200. The van der Waals surface area contributed by atoms with Gasteiger partial charge in [-0.25, -0.2) is 14.4 Å². The zero-order valence-electron chi connectivity index (χ0n) is 22.1. The van der Waals surface area contributed by atoms with E-state index >= 15 is 4.39 Å². The van der Waals surface area contributed by atoms with E-state index < -0.39 is 23.2 Å². The van der Waals surface area contributed by atoms with Gasteiger partial charge in [-0.3, -0.25) is 14.2 Å². The molecule has 1 N–H and O–H groups in total. The van der Waals surface area contributed by atoms with Gasteiger partial charge in [0.15, 0.2) is 11.3 Å². The molecule has 0 bridgehead atoms. The van der Waals surface area contributed by atoms with Crippen molar-refractivity contribution in [1.82, 2.24) is 19.4 Å². The normalized spacial score (nSPS) is 14.8. The molecule has 3 aromatic carbocycles. The summed E-state index contributed by atoms with van der Waals surface area (Å²) in [6.45, 7) is 0.394. The van der Waals surface area contributed by atoms with E-state index in [1.165, 1.54) is 22.6 Å². The summed E-state index contributed by atoms with van der Waals surface area (Å²) in [5.74, 6) is -1.02. The number of carbonyl (C=O) groups is 1. The second kappa shape index (κ2) is 9.64. The molecule has 202 valence electrons. The number of aromatic nitrogens is 3. The summed E-state index contributed by atoms with van der Waals surface area (Å²) in [7, 11) is 4.85. The van der Waals surface area contributed by atoms with Gasteiger partial charge >= 0.3 is 0 Å². The standard InChI is InChI=1S/C30H26FN5O4/c1-34(2)28(38)18-13-12-17-14-15-36(25(20(17)16-18)19-8-4-5-9-21(19)31)30-33-24(26(37)29(39)35(30)3)27-32-22-10-6-7-11-23(22)40-27/h4-13,16,25,37H,14-15H2,1-3H3/t25-/m0/s1. The summed E-state index contributed by atoms with van der Waals surface area (Å²) in [4.78, 5) is 38.5. The summed E-state index contributed by atoms with van der Waals surface area (Å²) in [5, 5.41) is 10.8. The Morgan fingerprint density at radius 1 is 1.05 bits per heavy atom. The van der Waals surface area contributed by atoms with Crippen molar-refractivity contribution >= 4 is 23.0 Å². The van der Waals surface area contributed by atoms with E-state index in [4.69, 9.17) is 4.42 Å². The van der Waals surface area contributed by atoms with E-state index in [1.807, 2.05) is 11.0 Å². The van der Waals surface area contributed by atoms with Gasteiger partial charge in [0.2, 0.25) is 11.7 Å². The van der Waals surface area contributed by atoms with Gasteiger partial charge in [-0.05, 0) is 47.9 Å². The highest BCUT2D eigenvalue weighted by Crippen LogP contribution is 2.40. The van der Waals surface area contributed by atoms with Gasteiger partial charge < -0.3 is 19.3 Å². The molecule has 1 amide bonds. The molecule has 1 aliphatic heterocycles. The lowest BCUT2D eigenvalue weighted by atomic mass is 9.86. The number of nitrogens with zero attached hydrogens (tertiary/aromatic N) is 5. The quantitative estimate of drug-likeness (QED) is 0.363. The molecule has 10 heteroatoms. The lowest BCUT2D eigenvalue weighted by Gasteiger charge is -2.39. The number of halogens is 1. The topological polar surface area (TPSA) is 105 Å². The summed E-state index contributed by atoms with van der Waals surface area (Å²) >= 11 is 0. The fourth-order valence-electron chi connectivity index (χ4n) is 5.21. The molecule has 0 unspecified atom stereocenters.